The van der Waals surface area contributed by atoms with Gasteiger partial charge >= 0.3 is 0 Å². The topological polar surface area (TPSA) is 53.6 Å². The molecule has 2 N–H and O–H groups in total. The number of rotatable bonds is 5. The summed E-state index contributed by atoms with van der Waals surface area (Å²) in [6.45, 7) is 2.20. The lowest BCUT2D eigenvalue weighted by Crippen LogP contribution is -1.92. The highest BCUT2D eigenvalue weighted by Gasteiger charge is 2.02. The van der Waals surface area contributed by atoms with E-state index in [4.69, 9.17) is 0 Å². The molecule has 0 aliphatic rings. The SMILES string of the molecule is CCCc1cccc(Nc2cccc(-c3cn[nH]n3)c2)c1. The van der Waals surface area contributed by atoms with Crippen molar-refractivity contribution < 1.29 is 0 Å². The second-order valence-corrected chi connectivity index (χ2v) is 5.01. The molecule has 0 aliphatic heterocycles. The molecule has 0 saturated carbocycles. The second kappa shape index (κ2) is 6.22. The number of aromatic nitrogens is 3. The van der Waals surface area contributed by atoms with Crippen molar-refractivity contribution in [2.45, 2.75) is 19.8 Å². The van der Waals surface area contributed by atoms with Crippen LogP contribution in [0.25, 0.3) is 11.3 Å². The molecule has 0 radical (unpaired) electrons. The maximum absolute atomic E-state index is 4.11. The molecule has 0 fully saturated rings. The van der Waals surface area contributed by atoms with Gasteiger partial charge < -0.3 is 5.32 Å². The normalized spacial score (nSPS) is 10.5. The molecule has 1 aromatic heterocycles. The fourth-order valence-electron chi connectivity index (χ4n) is 2.36. The van der Waals surface area contributed by atoms with Crippen molar-refractivity contribution in [3.63, 3.8) is 0 Å². The van der Waals surface area contributed by atoms with Gasteiger partial charge in [0.2, 0.25) is 0 Å². The zero-order valence-corrected chi connectivity index (χ0v) is 12.0. The summed E-state index contributed by atoms with van der Waals surface area (Å²) in [6.07, 6.45) is 3.99. The summed E-state index contributed by atoms with van der Waals surface area (Å²) in [5.41, 5.74) is 5.40. The molecule has 21 heavy (non-hydrogen) atoms. The van der Waals surface area contributed by atoms with Crippen molar-refractivity contribution >= 4 is 11.4 Å². The standard InChI is InChI=1S/C17H18N4/c1-2-5-13-6-3-8-15(10-13)19-16-9-4-7-14(11-16)17-12-18-21-20-17/h3-4,6-12,19H,2,5H2,1H3,(H,18,20,21). The van der Waals surface area contributed by atoms with Crippen LogP contribution in [0.1, 0.15) is 18.9 Å². The molecule has 1 heterocycles. The Balaban J connectivity index is 1.82. The summed E-state index contributed by atoms with van der Waals surface area (Å²) in [7, 11) is 0. The average Bonchev–Trinajstić information content (AvgIpc) is 3.03. The average molecular weight is 278 g/mol. The van der Waals surface area contributed by atoms with Crippen LogP contribution in [-0.2, 0) is 6.42 Å². The van der Waals surface area contributed by atoms with Gasteiger partial charge in [0.05, 0.1) is 6.20 Å². The maximum atomic E-state index is 4.11. The molecule has 0 atom stereocenters. The number of anilines is 2. The van der Waals surface area contributed by atoms with Crippen LogP contribution in [0, 0.1) is 0 Å². The summed E-state index contributed by atoms with van der Waals surface area (Å²) >= 11 is 0. The minimum absolute atomic E-state index is 0.846. The van der Waals surface area contributed by atoms with E-state index in [1.165, 1.54) is 5.56 Å². The van der Waals surface area contributed by atoms with Gasteiger partial charge in [0.25, 0.3) is 0 Å². The lowest BCUT2D eigenvalue weighted by Gasteiger charge is -2.09. The molecule has 2 aromatic carbocycles. The molecule has 3 aromatic rings. The number of benzene rings is 2. The third-order valence-corrected chi connectivity index (χ3v) is 3.33. The van der Waals surface area contributed by atoms with Gasteiger partial charge in [-0.05, 0) is 36.2 Å². The molecule has 0 aliphatic carbocycles. The number of aryl methyl sites for hydroxylation is 1. The van der Waals surface area contributed by atoms with Gasteiger partial charge in [-0.25, -0.2) is 0 Å². The van der Waals surface area contributed by atoms with Crippen molar-refractivity contribution in [3.8, 4) is 11.3 Å². The fourth-order valence-corrected chi connectivity index (χ4v) is 2.36. The van der Waals surface area contributed by atoms with Gasteiger partial charge in [-0.3, -0.25) is 0 Å². The van der Waals surface area contributed by atoms with Crippen LogP contribution in [0.15, 0.2) is 54.7 Å². The smallest absolute Gasteiger partial charge is 0.112 e. The summed E-state index contributed by atoms with van der Waals surface area (Å²) in [5, 5.41) is 14.0. The summed E-state index contributed by atoms with van der Waals surface area (Å²) in [6, 6.07) is 16.7. The van der Waals surface area contributed by atoms with Crippen LogP contribution in [0.5, 0.6) is 0 Å². The summed E-state index contributed by atoms with van der Waals surface area (Å²) < 4.78 is 0. The van der Waals surface area contributed by atoms with E-state index >= 15 is 0 Å². The number of hydrogen-bond donors (Lipinski definition) is 2. The van der Waals surface area contributed by atoms with Crippen molar-refractivity contribution in [3.05, 3.63) is 60.3 Å². The quantitative estimate of drug-likeness (QED) is 0.736. The number of H-pyrrole nitrogens is 1. The minimum atomic E-state index is 0.846. The summed E-state index contributed by atoms with van der Waals surface area (Å²) in [5.74, 6) is 0. The summed E-state index contributed by atoms with van der Waals surface area (Å²) in [4.78, 5) is 0. The lowest BCUT2D eigenvalue weighted by molar-refractivity contribution is 0.922. The largest absolute Gasteiger partial charge is 0.356 e. The molecule has 0 amide bonds. The Morgan fingerprint density at radius 1 is 1.05 bits per heavy atom. The highest BCUT2D eigenvalue weighted by molar-refractivity contribution is 5.68. The number of nitrogens with zero attached hydrogens (tertiary/aromatic N) is 2. The van der Waals surface area contributed by atoms with E-state index in [2.05, 4.69) is 64.0 Å². The third kappa shape index (κ3) is 3.28. The first-order chi connectivity index (χ1) is 10.3. The van der Waals surface area contributed by atoms with Crippen LogP contribution in [-0.4, -0.2) is 15.4 Å². The predicted octanol–water partition coefficient (Wildman–Crippen LogP) is 4.17. The lowest BCUT2D eigenvalue weighted by atomic mass is 10.1. The number of nitrogens with one attached hydrogen (secondary N) is 2. The van der Waals surface area contributed by atoms with E-state index in [0.29, 0.717) is 0 Å². The number of hydrogen-bond acceptors (Lipinski definition) is 3. The van der Waals surface area contributed by atoms with E-state index in [9.17, 15) is 0 Å². The first-order valence-corrected chi connectivity index (χ1v) is 7.17. The van der Waals surface area contributed by atoms with E-state index in [0.717, 1.165) is 35.5 Å². The second-order valence-electron chi connectivity index (χ2n) is 5.01. The first-order valence-electron chi connectivity index (χ1n) is 7.17. The van der Waals surface area contributed by atoms with Gasteiger partial charge in [-0.15, -0.1) is 0 Å². The Kier molecular flexibility index (Phi) is 3.96. The molecule has 3 rings (SSSR count). The van der Waals surface area contributed by atoms with Gasteiger partial charge in [0.1, 0.15) is 5.69 Å². The molecule has 0 bridgehead atoms. The molecular formula is C17H18N4. The van der Waals surface area contributed by atoms with Gasteiger partial charge in [0.15, 0.2) is 0 Å². The van der Waals surface area contributed by atoms with Gasteiger partial charge in [-0.1, -0.05) is 37.6 Å². The Labute approximate surface area is 124 Å². The Morgan fingerprint density at radius 3 is 2.62 bits per heavy atom. The van der Waals surface area contributed by atoms with Crippen LogP contribution >= 0.6 is 0 Å². The zero-order valence-electron chi connectivity index (χ0n) is 12.0. The highest BCUT2D eigenvalue weighted by Crippen LogP contribution is 2.23. The molecule has 4 nitrogen and oxygen atoms in total. The van der Waals surface area contributed by atoms with Crippen molar-refractivity contribution in [2.75, 3.05) is 5.32 Å². The van der Waals surface area contributed by atoms with Crippen LogP contribution in [0.4, 0.5) is 11.4 Å². The van der Waals surface area contributed by atoms with Crippen LogP contribution < -0.4 is 5.32 Å². The third-order valence-electron chi connectivity index (χ3n) is 3.33. The molecule has 0 unspecified atom stereocenters. The Bertz CT molecular complexity index is 704. The van der Waals surface area contributed by atoms with Gasteiger partial charge in [0, 0.05) is 16.9 Å². The Hall–Kier alpha value is -2.62. The van der Waals surface area contributed by atoms with Crippen LogP contribution in [0.2, 0.25) is 0 Å². The van der Waals surface area contributed by atoms with Crippen LogP contribution in [0.3, 0.4) is 0 Å². The molecular weight excluding hydrogens is 260 g/mol. The Morgan fingerprint density at radius 2 is 1.86 bits per heavy atom. The van der Waals surface area contributed by atoms with Crippen molar-refractivity contribution in [2.24, 2.45) is 0 Å². The monoisotopic (exact) mass is 278 g/mol. The highest BCUT2D eigenvalue weighted by atomic mass is 15.3. The molecule has 0 spiro atoms. The molecule has 4 heteroatoms. The zero-order chi connectivity index (χ0) is 14.5. The van der Waals surface area contributed by atoms with E-state index in [1.807, 2.05) is 12.1 Å². The van der Waals surface area contributed by atoms with Crippen molar-refractivity contribution in [1.29, 1.82) is 0 Å². The van der Waals surface area contributed by atoms with E-state index in [1.54, 1.807) is 6.20 Å². The minimum Gasteiger partial charge on any atom is -0.356 e. The molecule has 106 valence electrons. The van der Waals surface area contributed by atoms with E-state index < -0.39 is 0 Å². The first kappa shape index (κ1) is 13.4. The predicted molar refractivity (Wildman–Crippen MR) is 85.5 cm³/mol. The van der Waals surface area contributed by atoms with Gasteiger partial charge in [-0.2, -0.15) is 15.4 Å². The number of aromatic amines is 1. The van der Waals surface area contributed by atoms with E-state index in [-0.39, 0.29) is 0 Å². The molecule has 0 saturated heterocycles. The maximum Gasteiger partial charge on any atom is 0.112 e. The fraction of sp³-hybridized carbons (Fsp3) is 0.176. The van der Waals surface area contributed by atoms with Crippen molar-refractivity contribution in [1.82, 2.24) is 15.4 Å².